The zero-order valence-electron chi connectivity index (χ0n) is 21.4. The first-order chi connectivity index (χ1) is 17.3. The lowest BCUT2D eigenvalue weighted by Crippen LogP contribution is -2.15. The zero-order chi connectivity index (χ0) is 25.7. The van der Waals surface area contributed by atoms with Gasteiger partial charge in [0.25, 0.3) is 0 Å². The zero-order valence-corrected chi connectivity index (χ0v) is 22.2. The van der Waals surface area contributed by atoms with E-state index >= 15 is 0 Å². The summed E-state index contributed by atoms with van der Waals surface area (Å²) in [5.74, 6) is 1.65. The Morgan fingerprint density at radius 3 is 2.31 bits per heavy atom. The van der Waals surface area contributed by atoms with Gasteiger partial charge in [0.15, 0.2) is 11.0 Å². The minimum Gasteiger partial charge on any atom is -0.494 e. The summed E-state index contributed by atoms with van der Waals surface area (Å²) in [6.45, 7) is 11.1. The average molecular weight is 501 g/mol. The Morgan fingerprint density at radius 1 is 0.972 bits per heavy atom. The molecule has 1 heterocycles. The quantitative estimate of drug-likeness (QED) is 0.274. The highest BCUT2D eigenvalue weighted by atomic mass is 32.2. The predicted octanol–water partition coefficient (Wildman–Crippen LogP) is 6.67. The van der Waals surface area contributed by atoms with Gasteiger partial charge in [0.1, 0.15) is 5.75 Å². The molecule has 36 heavy (non-hydrogen) atoms. The van der Waals surface area contributed by atoms with Gasteiger partial charge in [-0.25, -0.2) is 0 Å². The summed E-state index contributed by atoms with van der Waals surface area (Å²) in [6.07, 6.45) is 0. The lowest BCUT2D eigenvalue weighted by Gasteiger charge is -2.19. The van der Waals surface area contributed by atoms with E-state index in [1.807, 2.05) is 66.9 Å². The summed E-state index contributed by atoms with van der Waals surface area (Å²) >= 11 is 1.36. The number of para-hydroxylation sites is 1. The number of carbonyl (C=O) groups excluding carboxylic acids is 1. The number of thioether (sulfide) groups is 1. The number of nitrogens with one attached hydrogen (secondary N) is 1. The smallest absolute Gasteiger partial charge is 0.234 e. The van der Waals surface area contributed by atoms with Crippen LogP contribution >= 0.6 is 11.8 Å². The van der Waals surface area contributed by atoms with Gasteiger partial charge in [0, 0.05) is 16.9 Å². The first-order valence-electron chi connectivity index (χ1n) is 12.0. The standard InChI is InChI=1S/C29H32N4O2S/c1-6-35-24-17-15-23(16-18-24)33-27(21-11-13-22(14-12-21)29(3,4)5)31-32-28(33)36-19-26(34)30-25-10-8-7-9-20(25)2/h7-18H,6,19H2,1-5H3,(H,30,34). The number of benzene rings is 3. The van der Waals surface area contributed by atoms with Crippen LogP contribution in [-0.2, 0) is 10.2 Å². The Hall–Kier alpha value is -3.58. The van der Waals surface area contributed by atoms with Crippen molar-refractivity contribution in [1.82, 2.24) is 14.8 Å². The Labute approximate surface area is 217 Å². The topological polar surface area (TPSA) is 69.0 Å². The summed E-state index contributed by atoms with van der Waals surface area (Å²) in [5, 5.41) is 12.6. The summed E-state index contributed by atoms with van der Waals surface area (Å²) in [4.78, 5) is 12.7. The highest BCUT2D eigenvalue weighted by Crippen LogP contribution is 2.31. The molecule has 0 saturated carbocycles. The van der Waals surface area contributed by atoms with Crippen molar-refractivity contribution in [3.63, 3.8) is 0 Å². The van der Waals surface area contributed by atoms with Crippen LogP contribution < -0.4 is 10.1 Å². The van der Waals surface area contributed by atoms with E-state index in [1.165, 1.54) is 17.3 Å². The Bertz CT molecular complexity index is 1320. The number of carbonyl (C=O) groups is 1. The maximum absolute atomic E-state index is 12.7. The maximum Gasteiger partial charge on any atom is 0.234 e. The highest BCUT2D eigenvalue weighted by molar-refractivity contribution is 7.99. The molecule has 0 spiro atoms. The SMILES string of the molecule is CCOc1ccc(-n2c(SCC(=O)Nc3ccccc3C)nnc2-c2ccc(C(C)(C)C)cc2)cc1. The van der Waals surface area contributed by atoms with Gasteiger partial charge in [-0.2, -0.15) is 0 Å². The van der Waals surface area contributed by atoms with E-state index in [-0.39, 0.29) is 17.1 Å². The molecule has 3 aromatic carbocycles. The third-order valence-corrected chi connectivity index (χ3v) is 6.73. The van der Waals surface area contributed by atoms with E-state index in [1.54, 1.807) is 0 Å². The monoisotopic (exact) mass is 500 g/mol. The molecule has 7 heteroatoms. The minimum atomic E-state index is -0.0911. The first kappa shape index (κ1) is 25.5. The number of rotatable bonds is 8. The molecule has 4 rings (SSSR count). The normalized spacial score (nSPS) is 11.4. The summed E-state index contributed by atoms with van der Waals surface area (Å²) in [6, 6.07) is 24.0. The van der Waals surface area contributed by atoms with Crippen LogP contribution in [-0.4, -0.2) is 33.0 Å². The lowest BCUT2D eigenvalue weighted by molar-refractivity contribution is -0.113. The molecule has 1 amide bonds. The Balaban J connectivity index is 1.63. The number of hydrogen-bond acceptors (Lipinski definition) is 5. The van der Waals surface area contributed by atoms with Gasteiger partial charge in [-0.05, 0) is 60.7 Å². The molecule has 186 valence electrons. The molecular weight excluding hydrogens is 468 g/mol. The molecule has 6 nitrogen and oxygen atoms in total. The second-order valence-corrected chi connectivity index (χ2v) is 10.5. The van der Waals surface area contributed by atoms with Crippen molar-refractivity contribution in [3.05, 3.63) is 83.9 Å². The van der Waals surface area contributed by atoms with E-state index < -0.39 is 0 Å². The highest BCUT2D eigenvalue weighted by Gasteiger charge is 2.19. The van der Waals surface area contributed by atoms with Gasteiger partial charge in [-0.1, -0.05) is 75.0 Å². The third-order valence-electron chi connectivity index (χ3n) is 5.80. The largest absolute Gasteiger partial charge is 0.494 e. The second kappa shape index (κ2) is 11.0. The van der Waals surface area contributed by atoms with E-state index in [0.717, 1.165) is 34.1 Å². The summed E-state index contributed by atoms with van der Waals surface area (Å²) in [5.41, 5.74) is 5.01. The van der Waals surface area contributed by atoms with Gasteiger partial charge >= 0.3 is 0 Å². The van der Waals surface area contributed by atoms with Crippen LogP contribution in [0.2, 0.25) is 0 Å². The fourth-order valence-electron chi connectivity index (χ4n) is 3.79. The minimum absolute atomic E-state index is 0.0623. The molecule has 0 radical (unpaired) electrons. The van der Waals surface area contributed by atoms with Gasteiger partial charge in [-0.15, -0.1) is 10.2 Å². The maximum atomic E-state index is 12.7. The second-order valence-electron chi connectivity index (χ2n) is 9.55. The molecule has 0 aliphatic carbocycles. The number of aryl methyl sites for hydroxylation is 1. The van der Waals surface area contributed by atoms with Crippen molar-refractivity contribution in [2.75, 3.05) is 17.7 Å². The summed E-state index contributed by atoms with van der Waals surface area (Å²) in [7, 11) is 0. The molecule has 0 saturated heterocycles. The van der Waals surface area contributed by atoms with Gasteiger partial charge in [0.2, 0.25) is 5.91 Å². The van der Waals surface area contributed by atoms with Crippen molar-refractivity contribution in [1.29, 1.82) is 0 Å². The van der Waals surface area contributed by atoms with Crippen LogP contribution in [0.3, 0.4) is 0 Å². The molecule has 0 unspecified atom stereocenters. The van der Waals surface area contributed by atoms with E-state index in [4.69, 9.17) is 4.74 Å². The Kier molecular flexibility index (Phi) is 7.79. The van der Waals surface area contributed by atoms with Crippen LogP contribution in [0.5, 0.6) is 5.75 Å². The number of hydrogen-bond donors (Lipinski definition) is 1. The lowest BCUT2D eigenvalue weighted by atomic mass is 9.87. The molecule has 0 atom stereocenters. The van der Waals surface area contributed by atoms with Crippen molar-refractivity contribution < 1.29 is 9.53 Å². The molecule has 0 aliphatic heterocycles. The molecule has 0 bridgehead atoms. The molecule has 1 N–H and O–H groups in total. The third kappa shape index (κ3) is 5.97. The van der Waals surface area contributed by atoms with Gasteiger partial charge in [-0.3, -0.25) is 9.36 Å². The van der Waals surface area contributed by atoms with Crippen molar-refractivity contribution in [2.24, 2.45) is 0 Å². The summed E-state index contributed by atoms with van der Waals surface area (Å²) < 4.78 is 7.61. The van der Waals surface area contributed by atoms with E-state index in [2.05, 4.69) is 60.6 Å². The molecule has 0 aliphatic rings. The molecule has 1 aromatic heterocycles. The molecule has 0 fully saturated rings. The Morgan fingerprint density at radius 2 is 1.67 bits per heavy atom. The van der Waals surface area contributed by atoms with Crippen LogP contribution in [0, 0.1) is 6.92 Å². The number of amides is 1. The van der Waals surface area contributed by atoms with Crippen molar-refractivity contribution >= 4 is 23.4 Å². The number of ether oxygens (including phenoxy) is 1. The van der Waals surface area contributed by atoms with Crippen LogP contribution in [0.15, 0.2) is 78.0 Å². The van der Waals surface area contributed by atoms with E-state index in [9.17, 15) is 4.79 Å². The first-order valence-corrected chi connectivity index (χ1v) is 13.0. The van der Waals surface area contributed by atoms with Crippen molar-refractivity contribution in [2.45, 2.75) is 45.2 Å². The van der Waals surface area contributed by atoms with Gasteiger partial charge in [0.05, 0.1) is 12.4 Å². The number of aromatic nitrogens is 3. The van der Waals surface area contributed by atoms with Crippen molar-refractivity contribution in [3.8, 4) is 22.8 Å². The van der Waals surface area contributed by atoms with Crippen LogP contribution in [0.25, 0.3) is 17.1 Å². The fourth-order valence-corrected chi connectivity index (χ4v) is 4.54. The van der Waals surface area contributed by atoms with E-state index in [0.29, 0.717) is 11.8 Å². The van der Waals surface area contributed by atoms with Crippen LogP contribution in [0.1, 0.15) is 38.8 Å². The molecular formula is C29H32N4O2S. The van der Waals surface area contributed by atoms with Crippen LogP contribution in [0.4, 0.5) is 5.69 Å². The number of anilines is 1. The number of nitrogens with zero attached hydrogens (tertiary/aromatic N) is 3. The predicted molar refractivity (Wildman–Crippen MR) is 147 cm³/mol. The molecule has 4 aromatic rings. The average Bonchev–Trinajstić information content (AvgIpc) is 3.28. The van der Waals surface area contributed by atoms with Gasteiger partial charge < -0.3 is 10.1 Å². The fraction of sp³-hybridized carbons (Fsp3) is 0.276.